The van der Waals surface area contributed by atoms with Crippen LogP contribution in [-0.2, 0) is 16.0 Å². The summed E-state index contributed by atoms with van der Waals surface area (Å²) in [5.41, 5.74) is 4.30. The number of hydrogen-bond donors (Lipinski definition) is 1. The molecule has 0 fully saturated rings. The fraction of sp³-hybridized carbons (Fsp3) is 0.320. The van der Waals surface area contributed by atoms with Gasteiger partial charge in [0.1, 0.15) is 5.67 Å². The van der Waals surface area contributed by atoms with E-state index in [0.29, 0.717) is 6.54 Å². The molecule has 0 radical (unpaired) electrons. The Labute approximate surface area is 176 Å². The maximum Gasteiger partial charge on any atom is 0.330 e. The van der Waals surface area contributed by atoms with Gasteiger partial charge in [0.05, 0.1) is 13.2 Å². The molecule has 0 saturated heterocycles. The third kappa shape index (κ3) is 4.17. The summed E-state index contributed by atoms with van der Waals surface area (Å²) in [7, 11) is 1.36. The Bertz CT molecular complexity index is 1080. The molecule has 1 atom stereocenters. The number of nitrogens with one attached hydrogen (secondary N) is 1. The molecular formula is C25H27FN2O2. The summed E-state index contributed by atoms with van der Waals surface area (Å²) in [6.07, 6.45) is 4.03. The van der Waals surface area contributed by atoms with Gasteiger partial charge in [0.2, 0.25) is 0 Å². The second-order valence-corrected chi connectivity index (χ2v) is 8.43. The maximum atomic E-state index is 14.6. The summed E-state index contributed by atoms with van der Waals surface area (Å²) in [6.45, 7) is 4.42. The van der Waals surface area contributed by atoms with Crippen LogP contribution in [0.4, 0.5) is 4.39 Å². The van der Waals surface area contributed by atoms with E-state index >= 15 is 0 Å². The Hall–Kier alpha value is -2.92. The van der Waals surface area contributed by atoms with Crippen molar-refractivity contribution < 1.29 is 13.9 Å². The number of aromatic amines is 1. The van der Waals surface area contributed by atoms with Crippen molar-refractivity contribution in [1.29, 1.82) is 0 Å². The van der Waals surface area contributed by atoms with Crippen molar-refractivity contribution in [2.24, 2.45) is 0 Å². The number of benzene rings is 2. The smallest absolute Gasteiger partial charge is 0.330 e. The molecule has 3 aromatic rings. The van der Waals surface area contributed by atoms with Gasteiger partial charge in [0, 0.05) is 35.8 Å². The molecule has 0 amide bonds. The normalized spacial score (nSPS) is 17.4. The van der Waals surface area contributed by atoms with Gasteiger partial charge >= 0.3 is 5.97 Å². The SMILES string of the molecule is COC(=O)/C=C/c1ccc([C@@H]2c3[nH]c4ccccc4c3CCN2CC(C)(C)F)cc1. The minimum Gasteiger partial charge on any atom is -0.466 e. The van der Waals surface area contributed by atoms with Crippen molar-refractivity contribution >= 4 is 22.9 Å². The minimum absolute atomic E-state index is 0.0465. The highest BCUT2D eigenvalue weighted by atomic mass is 19.1. The average Bonchev–Trinajstić information content (AvgIpc) is 3.10. The van der Waals surface area contributed by atoms with Crippen molar-refractivity contribution in [2.75, 3.05) is 20.2 Å². The van der Waals surface area contributed by atoms with E-state index in [2.05, 4.69) is 45.0 Å². The van der Waals surface area contributed by atoms with E-state index in [1.165, 1.54) is 24.1 Å². The molecule has 5 heteroatoms. The van der Waals surface area contributed by atoms with Crippen LogP contribution >= 0.6 is 0 Å². The van der Waals surface area contributed by atoms with E-state index < -0.39 is 5.67 Å². The first-order chi connectivity index (χ1) is 14.4. The first-order valence-corrected chi connectivity index (χ1v) is 10.2. The summed E-state index contributed by atoms with van der Waals surface area (Å²) < 4.78 is 19.3. The van der Waals surface area contributed by atoms with E-state index in [4.69, 9.17) is 0 Å². The monoisotopic (exact) mass is 406 g/mol. The molecule has 0 bridgehead atoms. The van der Waals surface area contributed by atoms with Crippen molar-refractivity contribution in [3.8, 4) is 0 Å². The zero-order valence-corrected chi connectivity index (χ0v) is 17.6. The van der Waals surface area contributed by atoms with Crippen molar-refractivity contribution in [1.82, 2.24) is 9.88 Å². The molecule has 0 unspecified atom stereocenters. The number of aromatic nitrogens is 1. The average molecular weight is 407 g/mol. The molecule has 1 N–H and O–H groups in total. The van der Waals surface area contributed by atoms with Crippen LogP contribution < -0.4 is 0 Å². The van der Waals surface area contributed by atoms with Gasteiger partial charge in [-0.1, -0.05) is 42.5 Å². The number of ether oxygens (including phenoxy) is 1. The number of H-pyrrole nitrogens is 1. The predicted molar refractivity (Wildman–Crippen MR) is 118 cm³/mol. The third-order valence-electron chi connectivity index (χ3n) is 5.58. The minimum atomic E-state index is -1.29. The lowest BCUT2D eigenvalue weighted by Crippen LogP contribution is -2.42. The van der Waals surface area contributed by atoms with Crippen molar-refractivity contribution in [2.45, 2.75) is 32.0 Å². The molecule has 156 valence electrons. The number of hydrogen-bond acceptors (Lipinski definition) is 3. The second-order valence-electron chi connectivity index (χ2n) is 8.43. The number of para-hydroxylation sites is 1. The topological polar surface area (TPSA) is 45.3 Å². The maximum absolute atomic E-state index is 14.6. The highest BCUT2D eigenvalue weighted by molar-refractivity contribution is 5.87. The van der Waals surface area contributed by atoms with E-state index in [-0.39, 0.29) is 12.0 Å². The zero-order valence-electron chi connectivity index (χ0n) is 17.6. The molecule has 30 heavy (non-hydrogen) atoms. The first kappa shape index (κ1) is 20.4. The number of nitrogens with zero attached hydrogens (tertiary/aromatic N) is 1. The van der Waals surface area contributed by atoms with E-state index in [0.717, 1.165) is 35.3 Å². The Morgan fingerprint density at radius 3 is 2.67 bits per heavy atom. The number of methoxy groups -OCH3 is 1. The summed E-state index contributed by atoms with van der Waals surface area (Å²) >= 11 is 0. The van der Waals surface area contributed by atoms with Crippen LogP contribution in [0.5, 0.6) is 0 Å². The van der Waals surface area contributed by atoms with Crippen LogP contribution in [0.1, 0.15) is 42.3 Å². The number of alkyl halides is 1. The van der Waals surface area contributed by atoms with Crippen LogP contribution in [0.2, 0.25) is 0 Å². The number of carbonyl (C=O) groups is 1. The molecule has 0 spiro atoms. The molecule has 0 aliphatic carbocycles. The fourth-order valence-corrected chi connectivity index (χ4v) is 4.34. The largest absolute Gasteiger partial charge is 0.466 e. The molecular weight excluding hydrogens is 379 g/mol. The van der Waals surface area contributed by atoms with Gasteiger partial charge in [0.15, 0.2) is 0 Å². The van der Waals surface area contributed by atoms with Gasteiger partial charge in [-0.2, -0.15) is 0 Å². The summed E-state index contributed by atoms with van der Waals surface area (Å²) in [5, 5.41) is 1.24. The molecule has 4 rings (SSSR count). The van der Waals surface area contributed by atoms with E-state index in [9.17, 15) is 9.18 Å². The highest BCUT2D eigenvalue weighted by Crippen LogP contribution is 2.39. The van der Waals surface area contributed by atoms with Gasteiger partial charge < -0.3 is 9.72 Å². The summed E-state index contributed by atoms with van der Waals surface area (Å²) in [6, 6.07) is 16.4. The molecule has 1 aliphatic heterocycles. The number of carbonyl (C=O) groups excluding carboxylic acids is 1. The van der Waals surface area contributed by atoms with Crippen LogP contribution in [0, 0.1) is 0 Å². The predicted octanol–water partition coefficient (Wildman–Crippen LogP) is 5.05. The second kappa shape index (κ2) is 8.07. The third-order valence-corrected chi connectivity index (χ3v) is 5.58. The molecule has 1 aliphatic rings. The summed E-state index contributed by atoms with van der Waals surface area (Å²) in [4.78, 5) is 17.2. The van der Waals surface area contributed by atoms with Crippen LogP contribution in [0.15, 0.2) is 54.6 Å². The summed E-state index contributed by atoms with van der Waals surface area (Å²) in [5.74, 6) is -0.384. The van der Waals surface area contributed by atoms with Crippen LogP contribution in [0.3, 0.4) is 0 Å². The molecule has 0 saturated carbocycles. The highest BCUT2D eigenvalue weighted by Gasteiger charge is 2.34. The number of rotatable bonds is 5. The molecule has 2 heterocycles. The Balaban J connectivity index is 1.74. The van der Waals surface area contributed by atoms with Crippen LogP contribution in [0.25, 0.3) is 17.0 Å². The number of esters is 1. The Morgan fingerprint density at radius 2 is 1.97 bits per heavy atom. The van der Waals surface area contributed by atoms with Gasteiger partial charge in [-0.25, -0.2) is 9.18 Å². The lowest BCUT2D eigenvalue weighted by atomic mass is 9.91. The van der Waals surface area contributed by atoms with Crippen molar-refractivity contribution in [3.05, 3.63) is 77.0 Å². The number of fused-ring (bicyclic) bond motifs is 3. The quantitative estimate of drug-likeness (QED) is 0.476. The lowest BCUT2D eigenvalue weighted by molar-refractivity contribution is -0.134. The van der Waals surface area contributed by atoms with Crippen LogP contribution in [-0.4, -0.2) is 41.7 Å². The zero-order chi connectivity index (χ0) is 21.3. The number of halogens is 1. The standard InChI is InChI=1S/C25H27FN2O2/c1-25(2,26)16-28-15-14-20-19-6-4-5-7-21(19)27-23(20)24(28)18-11-8-17(9-12-18)10-13-22(29)30-3/h4-13,24,27H,14-16H2,1-3H3/b13-10+/t24-/m1/s1. The van der Waals surface area contributed by atoms with Gasteiger partial charge in [-0.15, -0.1) is 0 Å². The van der Waals surface area contributed by atoms with E-state index in [1.807, 2.05) is 18.2 Å². The van der Waals surface area contributed by atoms with Gasteiger partial charge in [-0.3, -0.25) is 4.90 Å². The molecule has 2 aromatic carbocycles. The Kier molecular flexibility index (Phi) is 5.48. The van der Waals surface area contributed by atoms with Gasteiger partial charge in [-0.05, 0) is 49.1 Å². The van der Waals surface area contributed by atoms with Gasteiger partial charge in [0.25, 0.3) is 0 Å². The fourth-order valence-electron chi connectivity index (χ4n) is 4.34. The molecule has 1 aromatic heterocycles. The first-order valence-electron chi connectivity index (χ1n) is 10.2. The Morgan fingerprint density at radius 1 is 1.23 bits per heavy atom. The molecule has 4 nitrogen and oxygen atoms in total. The van der Waals surface area contributed by atoms with E-state index in [1.54, 1.807) is 19.9 Å². The lowest BCUT2D eigenvalue weighted by Gasteiger charge is -2.38. The van der Waals surface area contributed by atoms with Crippen molar-refractivity contribution in [3.63, 3.8) is 0 Å².